The van der Waals surface area contributed by atoms with E-state index in [4.69, 9.17) is 9.47 Å². The Morgan fingerprint density at radius 2 is 1.89 bits per heavy atom. The molecule has 0 radical (unpaired) electrons. The molecule has 146 valence electrons. The van der Waals surface area contributed by atoms with E-state index in [9.17, 15) is 9.59 Å². The van der Waals surface area contributed by atoms with E-state index in [1.807, 2.05) is 30.1 Å². The fourth-order valence-electron chi connectivity index (χ4n) is 4.48. The Morgan fingerprint density at radius 3 is 2.67 bits per heavy atom. The second-order valence-corrected chi connectivity index (χ2v) is 7.96. The summed E-state index contributed by atoms with van der Waals surface area (Å²) in [6, 6.07) is 5.54. The monoisotopic (exact) mass is 372 g/mol. The molecule has 27 heavy (non-hydrogen) atoms. The molecule has 1 aliphatic carbocycles. The van der Waals surface area contributed by atoms with E-state index in [0.29, 0.717) is 37.2 Å². The summed E-state index contributed by atoms with van der Waals surface area (Å²) in [7, 11) is 1.88. The Kier molecular flexibility index (Phi) is 5.23. The van der Waals surface area contributed by atoms with E-state index in [0.717, 1.165) is 12.2 Å². The third-order valence-electron chi connectivity index (χ3n) is 5.94. The summed E-state index contributed by atoms with van der Waals surface area (Å²) in [5, 5.41) is 0. The molecule has 1 aromatic rings. The summed E-state index contributed by atoms with van der Waals surface area (Å²) in [5.41, 5.74) is 0.773. The van der Waals surface area contributed by atoms with Gasteiger partial charge in [0, 0.05) is 38.3 Å². The third-order valence-corrected chi connectivity index (χ3v) is 5.94. The predicted molar refractivity (Wildman–Crippen MR) is 102 cm³/mol. The molecule has 6 heteroatoms. The Bertz CT molecular complexity index is 714. The predicted octanol–water partition coefficient (Wildman–Crippen LogP) is 2.85. The minimum atomic E-state index is -0.265. The molecule has 1 unspecified atom stereocenters. The first-order valence-corrected chi connectivity index (χ1v) is 10.1. The maximum atomic E-state index is 12.9. The number of hydrogen-bond acceptors (Lipinski definition) is 4. The smallest absolute Gasteiger partial charge is 0.227 e. The summed E-state index contributed by atoms with van der Waals surface area (Å²) in [5.74, 6) is 1.80. The Labute approximate surface area is 160 Å². The molecule has 2 aliphatic heterocycles. The zero-order valence-corrected chi connectivity index (χ0v) is 16.0. The van der Waals surface area contributed by atoms with Crippen LogP contribution in [0, 0.1) is 11.8 Å². The lowest BCUT2D eigenvalue weighted by molar-refractivity contribution is -0.135. The van der Waals surface area contributed by atoms with Gasteiger partial charge in [-0.05, 0) is 30.9 Å². The lowest BCUT2D eigenvalue weighted by atomic mass is 9.89. The van der Waals surface area contributed by atoms with Gasteiger partial charge < -0.3 is 19.3 Å². The summed E-state index contributed by atoms with van der Waals surface area (Å²) >= 11 is 0. The van der Waals surface area contributed by atoms with Crippen molar-refractivity contribution in [3.8, 4) is 11.5 Å². The number of anilines is 1. The molecule has 2 fully saturated rings. The highest BCUT2D eigenvalue weighted by atomic mass is 16.6. The molecule has 1 saturated carbocycles. The number of carbonyl (C=O) groups is 2. The van der Waals surface area contributed by atoms with Gasteiger partial charge in [0.05, 0.1) is 5.92 Å². The van der Waals surface area contributed by atoms with Gasteiger partial charge in [-0.1, -0.05) is 19.3 Å². The molecule has 1 atom stereocenters. The molecule has 4 rings (SSSR count). The molecule has 0 aromatic heterocycles. The molecule has 2 amide bonds. The lowest BCUT2D eigenvalue weighted by Crippen LogP contribution is -2.38. The maximum absolute atomic E-state index is 12.9. The molecule has 2 heterocycles. The molecule has 0 N–H and O–H groups in total. The molecule has 3 aliphatic rings. The summed E-state index contributed by atoms with van der Waals surface area (Å²) in [6.45, 7) is 2.30. The van der Waals surface area contributed by atoms with Crippen molar-refractivity contribution in [2.24, 2.45) is 11.8 Å². The number of hydrogen-bond donors (Lipinski definition) is 0. The Balaban J connectivity index is 1.40. The van der Waals surface area contributed by atoms with Crippen LogP contribution in [0.4, 0.5) is 5.69 Å². The van der Waals surface area contributed by atoms with E-state index >= 15 is 0 Å². The highest BCUT2D eigenvalue weighted by Crippen LogP contribution is 2.36. The van der Waals surface area contributed by atoms with E-state index in [1.165, 1.54) is 32.1 Å². The second kappa shape index (κ2) is 7.79. The van der Waals surface area contributed by atoms with Gasteiger partial charge in [-0.25, -0.2) is 0 Å². The van der Waals surface area contributed by atoms with Gasteiger partial charge in [-0.3, -0.25) is 9.59 Å². The SMILES string of the molecule is CN(CC1CCCCC1)C(=O)C1CC(=O)N(c2ccc3c(c2)OCCO3)C1. The van der Waals surface area contributed by atoms with Gasteiger partial charge in [0.1, 0.15) is 13.2 Å². The zero-order valence-electron chi connectivity index (χ0n) is 16.0. The molecule has 0 bridgehead atoms. The van der Waals surface area contributed by atoms with Crippen molar-refractivity contribution < 1.29 is 19.1 Å². The number of ether oxygens (including phenoxy) is 2. The van der Waals surface area contributed by atoms with Crippen molar-refractivity contribution in [3.63, 3.8) is 0 Å². The van der Waals surface area contributed by atoms with Crippen LogP contribution in [0.5, 0.6) is 11.5 Å². The molecule has 1 saturated heterocycles. The summed E-state index contributed by atoms with van der Waals surface area (Å²) in [6.07, 6.45) is 6.56. The molecular formula is C21H28N2O4. The molecular weight excluding hydrogens is 344 g/mol. The van der Waals surface area contributed by atoms with E-state index < -0.39 is 0 Å². The number of carbonyl (C=O) groups excluding carboxylic acids is 2. The zero-order chi connectivity index (χ0) is 18.8. The topological polar surface area (TPSA) is 59.1 Å². The summed E-state index contributed by atoms with van der Waals surface area (Å²) < 4.78 is 11.2. The maximum Gasteiger partial charge on any atom is 0.227 e. The standard InChI is InChI=1S/C21H28N2O4/c1-22(13-15-5-3-2-4-6-15)21(25)16-11-20(24)23(14-16)17-7-8-18-19(12-17)27-10-9-26-18/h7-8,12,15-16H,2-6,9-11,13-14H2,1H3. The normalized spacial score (nSPS) is 22.8. The highest BCUT2D eigenvalue weighted by Gasteiger charge is 2.37. The molecule has 6 nitrogen and oxygen atoms in total. The van der Waals surface area contributed by atoms with Crippen LogP contribution < -0.4 is 14.4 Å². The average molecular weight is 372 g/mol. The first-order chi connectivity index (χ1) is 13.1. The van der Waals surface area contributed by atoms with Crippen LogP contribution in [0.25, 0.3) is 0 Å². The second-order valence-electron chi connectivity index (χ2n) is 7.96. The number of nitrogens with zero attached hydrogens (tertiary/aromatic N) is 2. The van der Waals surface area contributed by atoms with Crippen LogP contribution in [-0.4, -0.2) is 50.1 Å². The fourth-order valence-corrected chi connectivity index (χ4v) is 4.48. The number of fused-ring (bicyclic) bond motifs is 1. The van der Waals surface area contributed by atoms with Crippen LogP contribution >= 0.6 is 0 Å². The van der Waals surface area contributed by atoms with Gasteiger partial charge in [-0.15, -0.1) is 0 Å². The Morgan fingerprint density at radius 1 is 1.15 bits per heavy atom. The van der Waals surface area contributed by atoms with Gasteiger partial charge in [-0.2, -0.15) is 0 Å². The van der Waals surface area contributed by atoms with Gasteiger partial charge in [0.25, 0.3) is 0 Å². The number of rotatable bonds is 4. The van der Waals surface area contributed by atoms with Gasteiger partial charge in [0.15, 0.2) is 11.5 Å². The fraction of sp³-hybridized carbons (Fsp3) is 0.619. The van der Waals surface area contributed by atoms with E-state index in [2.05, 4.69) is 0 Å². The molecule has 1 aromatic carbocycles. The molecule has 0 spiro atoms. The van der Waals surface area contributed by atoms with Crippen molar-refractivity contribution in [3.05, 3.63) is 18.2 Å². The van der Waals surface area contributed by atoms with E-state index in [-0.39, 0.29) is 24.2 Å². The first-order valence-electron chi connectivity index (χ1n) is 10.1. The van der Waals surface area contributed by atoms with Crippen LogP contribution in [-0.2, 0) is 9.59 Å². The van der Waals surface area contributed by atoms with Crippen LogP contribution in [0.1, 0.15) is 38.5 Å². The minimum Gasteiger partial charge on any atom is -0.486 e. The summed E-state index contributed by atoms with van der Waals surface area (Å²) in [4.78, 5) is 29.0. The van der Waals surface area contributed by atoms with Gasteiger partial charge in [0.2, 0.25) is 11.8 Å². The average Bonchev–Trinajstić information content (AvgIpc) is 3.09. The van der Waals surface area contributed by atoms with Gasteiger partial charge >= 0.3 is 0 Å². The number of amides is 2. The van der Waals surface area contributed by atoms with Crippen LogP contribution in [0.15, 0.2) is 18.2 Å². The highest BCUT2D eigenvalue weighted by molar-refractivity contribution is 6.00. The van der Waals surface area contributed by atoms with Crippen molar-refractivity contribution in [1.82, 2.24) is 4.90 Å². The van der Waals surface area contributed by atoms with Crippen molar-refractivity contribution in [2.45, 2.75) is 38.5 Å². The lowest BCUT2D eigenvalue weighted by Gasteiger charge is -2.28. The van der Waals surface area contributed by atoms with Crippen LogP contribution in [0.2, 0.25) is 0 Å². The van der Waals surface area contributed by atoms with E-state index in [1.54, 1.807) is 4.90 Å². The van der Waals surface area contributed by atoms with Crippen LogP contribution in [0.3, 0.4) is 0 Å². The van der Waals surface area contributed by atoms with Crippen molar-refractivity contribution in [2.75, 3.05) is 38.3 Å². The third kappa shape index (κ3) is 3.89. The largest absolute Gasteiger partial charge is 0.486 e. The van der Waals surface area contributed by atoms with Crippen molar-refractivity contribution >= 4 is 17.5 Å². The first kappa shape index (κ1) is 18.1. The van der Waals surface area contributed by atoms with Crippen molar-refractivity contribution in [1.29, 1.82) is 0 Å². The number of benzene rings is 1. The minimum absolute atomic E-state index is 0.00362. The Hall–Kier alpha value is -2.24. The quantitative estimate of drug-likeness (QED) is 0.815.